The van der Waals surface area contributed by atoms with Gasteiger partial charge in [0.25, 0.3) is 0 Å². The third-order valence-electron chi connectivity index (χ3n) is 6.80. The number of carbonyl (C=O) groups is 1. The van der Waals surface area contributed by atoms with E-state index in [9.17, 15) is 13.2 Å². The number of sulfone groups is 1. The van der Waals surface area contributed by atoms with Gasteiger partial charge in [0, 0.05) is 32.2 Å². The molecule has 1 amide bonds. The largest absolute Gasteiger partial charge is 0.444 e. The molecule has 33 heavy (non-hydrogen) atoms. The normalized spacial score (nSPS) is 19.1. The minimum atomic E-state index is -3.24. The Labute approximate surface area is 199 Å². The Morgan fingerprint density at radius 1 is 1.00 bits per heavy atom. The van der Waals surface area contributed by atoms with Crippen LogP contribution in [0.2, 0.25) is 0 Å². The second kappa shape index (κ2) is 10.2. The molecule has 0 unspecified atom stereocenters. The summed E-state index contributed by atoms with van der Waals surface area (Å²) in [6.45, 7) is 14.9. The van der Waals surface area contributed by atoms with Gasteiger partial charge in [-0.05, 0) is 90.5 Å². The van der Waals surface area contributed by atoms with Crippen molar-refractivity contribution >= 4 is 21.5 Å². The Hall–Kier alpha value is -1.86. The highest BCUT2D eigenvalue weighted by atomic mass is 32.2. The lowest BCUT2D eigenvalue weighted by atomic mass is 9.92. The van der Waals surface area contributed by atoms with Gasteiger partial charge in [0.05, 0.1) is 10.1 Å². The highest BCUT2D eigenvalue weighted by Gasteiger charge is 2.30. The molecule has 7 heteroatoms. The number of hydrogen-bond donors (Lipinski definition) is 0. The Balaban J connectivity index is 1.55. The number of rotatable bonds is 4. The lowest BCUT2D eigenvalue weighted by Gasteiger charge is -2.41. The first-order valence-electron chi connectivity index (χ1n) is 12.1. The van der Waals surface area contributed by atoms with Gasteiger partial charge < -0.3 is 9.64 Å². The van der Waals surface area contributed by atoms with Crippen molar-refractivity contribution in [2.45, 2.75) is 89.0 Å². The van der Waals surface area contributed by atoms with E-state index in [-0.39, 0.29) is 6.09 Å². The molecule has 2 saturated heterocycles. The summed E-state index contributed by atoms with van der Waals surface area (Å²) in [5, 5.41) is -0.414. The summed E-state index contributed by atoms with van der Waals surface area (Å²) in [6, 6.07) is 7.88. The van der Waals surface area contributed by atoms with Crippen LogP contribution in [0.4, 0.5) is 4.79 Å². The smallest absolute Gasteiger partial charge is 0.410 e. The first-order chi connectivity index (χ1) is 15.4. The van der Waals surface area contributed by atoms with Gasteiger partial charge in [-0.1, -0.05) is 17.7 Å². The average Bonchev–Trinajstić information content (AvgIpc) is 2.77. The molecule has 2 aliphatic heterocycles. The monoisotopic (exact) mass is 476 g/mol. The third kappa shape index (κ3) is 6.38. The fraction of sp³-hybridized carbons (Fsp3) is 0.654. The Morgan fingerprint density at radius 3 is 2.03 bits per heavy atom. The SMILES string of the molecule is CC(=C1CCN(C2CCN(C(=O)OC(C)(C)C)CC2)CC1)c1ccc(S(=O)(=O)C(C)C)cc1. The molecule has 2 heterocycles. The van der Waals surface area contributed by atoms with Crippen LogP contribution in [0.1, 0.15) is 72.8 Å². The summed E-state index contributed by atoms with van der Waals surface area (Å²) >= 11 is 0. The van der Waals surface area contributed by atoms with Gasteiger partial charge in [-0.3, -0.25) is 4.90 Å². The van der Waals surface area contributed by atoms with Gasteiger partial charge in [-0.2, -0.15) is 0 Å². The van der Waals surface area contributed by atoms with E-state index < -0.39 is 20.7 Å². The summed E-state index contributed by atoms with van der Waals surface area (Å²) in [4.78, 5) is 17.1. The molecule has 184 valence electrons. The van der Waals surface area contributed by atoms with Crippen LogP contribution in [0.25, 0.3) is 5.57 Å². The summed E-state index contributed by atoms with van der Waals surface area (Å²) < 4.78 is 30.3. The quantitative estimate of drug-likeness (QED) is 0.602. The van der Waals surface area contributed by atoms with Gasteiger partial charge in [0.15, 0.2) is 9.84 Å². The molecule has 0 radical (unpaired) electrons. The maximum atomic E-state index is 12.4. The summed E-state index contributed by atoms with van der Waals surface area (Å²) in [6.07, 6.45) is 3.84. The molecule has 0 aromatic heterocycles. The van der Waals surface area contributed by atoms with Crippen LogP contribution in [0.5, 0.6) is 0 Å². The molecule has 1 aromatic carbocycles. The lowest BCUT2D eigenvalue weighted by Crippen LogP contribution is -2.49. The molecular formula is C26H40N2O4S. The van der Waals surface area contributed by atoms with Crippen molar-refractivity contribution in [1.82, 2.24) is 9.80 Å². The van der Waals surface area contributed by atoms with Crippen molar-refractivity contribution in [1.29, 1.82) is 0 Å². The van der Waals surface area contributed by atoms with Gasteiger partial charge in [0.1, 0.15) is 5.60 Å². The molecule has 0 spiro atoms. The number of ether oxygens (including phenoxy) is 1. The number of amides is 1. The zero-order valence-electron chi connectivity index (χ0n) is 21.1. The van der Waals surface area contributed by atoms with E-state index in [1.807, 2.05) is 37.8 Å². The molecule has 2 aliphatic rings. The van der Waals surface area contributed by atoms with Gasteiger partial charge in [0.2, 0.25) is 0 Å². The molecule has 0 bridgehead atoms. The van der Waals surface area contributed by atoms with Gasteiger partial charge in [-0.25, -0.2) is 13.2 Å². The highest BCUT2D eigenvalue weighted by Crippen LogP contribution is 2.30. The molecular weight excluding hydrogens is 436 g/mol. The van der Waals surface area contributed by atoms with Crippen LogP contribution in [0, 0.1) is 0 Å². The molecule has 0 aliphatic carbocycles. The molecule has 3 rings (SSSR count). The third-order valence-corrected chi connectivity index (χ3v) is 8.97. The van der Waals surface area contributed by atoms with Crippen molar-refractivity contribution in [3.63, 3.8) is 0 Å². The molecule has 0 saturated carbocycles. The molecule has 0 N–H and O–H groups in total. The maximum Gasteiger partial charge on any atom is 0.410 e. The van der Waals surface area contributed by atoms with Crippen LogP contribution in [-0.4, -0.2) is 67.4 Å². The second-order valence-electron chi connectivity index (χ2n) is 10.6. The zero-order chi connectivity index (χ0) is 24.4. The Kier molecular flexibility index (Phi) is 7.95. The van der Waals surface area contributed by atoms with E-state index >= 15 is 0 Å². The maximum absolute atomic E-state index is 12.4. The minimum Gasteiger partial charge on any atom is -0.444 e. The van der Waals surface area contributed by atoms with E-state index in [1.54, 1.807) is 26.0 Å². The van der Waals surface area contributed by atoms with Crippen molar-refractivity contribution in [3.8, 4) is 0 Å². The van der Waals surface area contributed by atoms with Crippen molar-refractivity contribution in [2.75, 3.05) is 26.2 Å². The first kappa shape index (κ1) is 25.8. The summed E-state index contributed by atoms with van der Waals surface area (Å²) in [5.74, 6) is 0. The molecule has 1 aromatic rings. The van der Waals surface area contributed by atoms with E-state index in [1.165, 1.54) is 11.1 Å². The minimum absolute atomic E-state index is 0.201. The van der Waals surface area contributed by atoms with E-state index in [4.69, 9.17) is 4.74 Å². The fourth-order valence-electron chi connectivity index (χ4n) is 4.65. The Morgan fingerprint density at radius 2 is 1.55 bits per heavy atom. The number of hydrogen-bond acceptors (Lipinski definition) is 5. The van der Waals surface area contributed by atoms with E-state index in [0.717, 1.165) is 57.4 Å². The van der Waals surface area contributed by atoms with Gasteiger partial charge >= 0.3 is 6.09 Å². The predicted octanol–water partition coefficient (Wildman–Crippen LogP) is 5.14. The summed E-state index contributed by atoms with van der Waals surface area (Å²) in [5.41, 5.74) is 3.37. The number of likely N-dealkylation sites (tertiary alicyclic amines) is 2. The molecule has 0 atom stereocenters. The zero-order valence-corrected chi connectivity index (χ0v) is 21.9. The lowest BCUT2D eigenvalue weighted by molar-refractivity contribution is 0.0138. The van der Waals surface area contributed by atoms with Crippen LogP contribution in [0.3, 0.4) is 0 Å². The number of nitrogens with zero attached hydrogens (tertiary/aromatic N) is 2. The predicted molar refractivity (Wildman–Crippen MR) is 133 cm³/mol. The number of carbonyl (C=O) groups excluding carboxylic acids is 1. The van der Waals surface area contributed by atoms with Crippen molar-refractivity contribution < 1.29 is 17.9 Å². The average molecular weight is 477 g/mol. The van der Waals surface area contributed by atoms with E-state index in [0.29, 0.717) is 10.9 Å². The number of piperidine rings is 2. The van der Waals surface area contributed by atoms with Crippen LogP contribution in [0.15, 0.2) is 34.7 Å². The second-order valence-corrected chi connectivity index (χ2v) is 13.1. The van der Waals surface area contributed by atoms with Crippen molar-refractivity contribution in [3.05, 3.63) is 35.4 Å². The topological polar surface area (TPSA) is 66.9 Å². The molecule has 6 nitrogen and oxygen atoms in total. The number of benzene rings is 1. The van der Waals surface area contributed by atoms with Crippen LogP contribution >= 0.6 is 0 Å². The Bertz CT molecular complexity index is 957. The molecule has 2 fully saturated rings. The van der Waals surface area contributed by atoms with E-state index in [2.05, 4.69) is 11.8 Å². The standard InChI is InChI=1S/C26H40N2O4S/c1-19(2)33(30,31)24-9-7-21(8-10-24)20(3)22-11-15-27(16-12-22)23-13-17-28(18-14-23)25(29)32-26(4,5)6/h7-10,19,23H,11-18H2,1-6H3. The highest BCUT2D eigenvalue weighted by molar-refractivity contribution is 7.92. The summed E-state index contributed by atoms with van der Waals surface area (Å²) in [7, 11) is -3.24. The number of allylic oxidation sites excluding steroid dienone is 1. The first-order valence-corrected chi connectivity index (χ1v) is 13.7. The van der Waals surface area contributed by atoms with Gasteiger partial charge in [-0.15, -0.1) is 0 Å². The van der Waals surface area contributed by atoms with Crippen LogP contribution in [-0.2, 0) is 14.6 Å². The fourth-order valence-corrected chi connectivity index (χ4v) is 5.70. The van der Waals surface area contributed by atoms with Crippen LogP contribution < -0.4 is 0 Å². The van der Waals surface area contributed by atoms with Crippen molar-refractivity contribution in [2.24, 2.45) is 0 Å².